The summed E-state index contributed by atoms with van der Waals surface area (Å²) in [6, 6.07) is 4.48. The van der Waals surface area contributed by atoms with Gasteiger partial charge in [0, 0.05) is 25.2 Å². The molecule has 1 aliphatic rings. The van der Waals surface area contributed by atoms with Gasteiger partial charge in [-0.25, -0.2) is 9.89 Å². The van der Waals surface area contributed by atoms with E-state index in [2.05, 4.69) is 39.4 Å². The van der Waals surface area contributed by atoms with Crippen LogP contribution in [0.1, 0.15) is 13.8 Å². The van der Waals surface area contributed by atoms with Gasteiger partial charge in [-0.3, -0.25) is 0 Å². The number of hydrogen-bond acceptors (Lipinski definition) is 5. The summed E-state index contributed by atoms with van der Waals surface area (Å²) in [5.74, 6) is 0.812. The number of fused-ring (bicyclic) bond motifs is 1. The van der Waals surface area contributed by atoms with E-state index in [1.165, 1.54) is 4.52 Å². The molecule has 3 heterocycles. The monoisotopic (exact) mass is 248 g/mol. The summed E-state index contributed by atoms with van der Waals surface area (Å²) in [6.45, 7) is 6.08. The van der Waals surface area contributed by atoms with Crippen LogP contribution in [0.4, 0.5) is 5.82 Å². The topological polar surface area (TPSA) is 78.3 Å². The van der Waals surface area contributed by atoms with Crippen molar-refractivity contribution in [2.75, 3.05) is 18.0 Å². The molecule has 96 valence electrons. The lowest BCUT2D eigenvalue weighted by molar-refractivity contribution is 0.421. The van der Waals surface area contributed by atoms with E-state index in [1.807, 2.05) is 6.07 Å². The van der Waals surface area contributed by atoms with Crippen molar-refractivity contribution >= 4 is 11.5 Å². The zero-order valence-corrected chi connectivity index (χ0v) is 10.4. The zero-order valence-electron chi connectivity index (χ0n) is 10.4. The summed E-state index contributed by atoms with van der Waals surface area (Å²) < 4.78 is 1.30. The van der Waals surface area contributed by atoms with E-state index in [1.54, 1.807) is 6.07 Å². The number of hydrogen-bond donors (Lipinski definition) is 2. The maximum Gasteiger partial charge on any atom is 0.364 e. The Bertz CT molecular complexity index is 617. The van der Waals surface area contributed by atoms with Gasteiger partial charge in [-0.1, -0.05) is 0 Å². The number of rotatable bonds is 1. The number of anilines is 1. The van der Waals surface area contributed by atoms with Crippen LogP contribution in [0.2, 0.25) is 0 Å². The van der Waals surface area contributed by atoms with Gasteiger partial charge in [0.25, 0.3) is 0 Å². The third kappa shape index (κ3) is 1.76. The molecule has 0 aliphatic carbocycles. The molecular weight excluding hydrogens is 232 g/mol. The number of aromatic nitrogens is 4. The van der Waals surface area contributed by atoms with Gasteiger partial charge in [-0.05, 0) is 26.0 Å². The molecule has 2 aromatic heterocycles. The van der Waals surface area contributed by atoms with Crippen LogP contribution in [0, 0.1) is 0 Å². The first-order valence-electron chi connectivity index (χ1n) is 6.09. The molecule has 1 fully saturated rings. The Morgan fingerprint density at radius 1 is 1.39 bits per heavy atom. The largest absolute Gasteiger partial charge is 0.364 e. The van der Waals surface area contributed by atoms with Gasteiger partial charge in [-0.15, -0.1) is 5.10 Å². The molecule has 0 saturated carbocycles. The second-order valence-electron chi connectivity index (χ2n) is 4.80. The van der Waals surface area contributed by atoms with E-state index >= 15 is 0 Å². The van der Waals surface area contributed by atoms with E-state index in [9.17, 15) is 4.79 Å². The fraction of sp³-hybridized carbons (Fsp3) is 0.545. The molecule has 7 nitrogen and oxygen atoms in total. The number of aromatic amines is 1. The molecule has 2 aromatic rings. The Labute approximate surface area is 104 Å². The van der Waals surface area contributed by atoms with Crippen molar-refractivity contribution in [3.63, 3.8) is 0 Å². The first-order valence-corrected chi connectivity index (χ1v) is 6.09. The van der Waals surface area contributed by atoms with Crippen LogP contribution in [0.15, 0.2) is 16.9 Å². The second kappa shape index (κ2) is 4.09. The van der Waals surface area contributed by atoms with E-state index in [-0.39, 0.29) is 5.69 Å². The van der Waals surface area contributed by atoms with Crippen LogP contribution in [0.5, 0.6) is 0 Å². The molecule has 2 unspecified atom stereocenters. The van der Waals surface area contributed by atoms with Gasteiger partial charge in [0.15, 0.2) is 5.65 Å². The molecule has 1 aliphatic heterocycles. The van der Waals surface area contributed by atoms with E-state index < -0.39 is 0 Å². The normalized spacial score (nSPS) is 24.7. The average Bonchev–Trinajstić information content (AvgIpc) is 2.74. The van der Waals surface area contributed by atoms with Gasteiger partial charge in [0.1, 0.15) is 5.82 Å². The quantitative estimate of drug-likeness (QED) is 0.718. The van der Waals surface area contributed by atoms with Crippen LogP contribution < -0.4 is 15.9 Å². The molecule has 3 rings (SSSR count). The Balaban J connectivity index is 2.02. The Morgan fingerprint density at radius 3 is 3.06 bits per heavy atom. The van der Waals surface area contributed by atoms with Gasteiger partial charge in [0.2, 0.25) is 0 Å². The fourth-order valence-electron chi connectivity index (χ4n) is 2.29. The number of nitrogens with one attached hydrogen (secondary N) is 2. The third-order valence-electron chi connectivity index (χ3n) is 3.32. The van der Waals surface area contributed by atoms with Crippen LogP contribution in [-0.2, 0) is 0 Å². The molecule has 0 amide bonds. The minimum Gasteiger partial charge on any atom is -0.350 e. The molecule has 0 radical (unpaired) electrons. The van der Waals surface area contributed by atoms with Crippen molar-refractivity contribution in [2.45, 2.75) is 25.9 Å². The first kappa shape index (κ1) is 11.2. The Kier molecular flexibility index (Phi) is 2.55. The highest BCUT2D eigenvalue weighted by Crippen LogP contribution is 2.16. The van der Waals surface area contributed by atoms with Crippen molar-refractivity contribution in [3.05, 3.63) is 22.6 Å². The summed E-state index contributed by atoms with van der Waals surface area (Å²) in [7, 11) is 0. The Morgan fingerprint density at radius 2 is 2.22 bits per heavy atom. The van der Waals surface area contributed by atoms with Crippen molar-refractivity contribution in [2.24, 2.45) is 0 Å². The zero-order chi connectivity index (χ0) is 12.7. The summed E-state index contributed by atoms with van der Waals surface area (Å²) >= 11 is 0. The standard InChI is InChI=1S/C11H16N6O/c1-7-6-16(8(2)5-12-7)10-4-3-9-13-14-11(18)17(9)15-10/h3-4,7-8,12H,5-6H2,1-2H3,(H,14,18). The predicted octanol–water partition coefficient (Wildman–Crippen LogP) is -0.396. The minimum absolute atomic E-state index is 0.303. The smallest absolute Gasteiger partial charge is 0.350 e. The molecule has 0 aromatic carbocycles. The second-order valence-corrected chi connectivity index (χ2v) is 4.80. The van der Waals surface area contributed by atoms with Crippen LogP contribution in [0.25, 0.3) is 5.65 Å². The van der Waals surface area contributed by atoms with Crippen molar-refractivity contribution in [3.8, 4) is 0 Å². The Hall–Kier alpha value is -1.89. The van der Waals surface area contributed by atoms with Crippen LogP contribution in [-0.4, -0.2) is 45.0 Å². The highest BCUT2D eigenvalue weighted by molar-refractivity contribution is 5.46. The summed E-state index contributed by atoms with van der Waals surface area (Å²) in [5.41, 5.74) is 0.238. The molecule has 7 heteroatoms. The maximum absolute atomic E-state index is 11.5. The van der Waals surface area contributed by atoms with Crippen molar-refractivity contribution < 1.29 is 0 Å². The number of nitrogens with zero attached hydrogens (tertiary/aromatic N) is 4. The summed E-state index contributed by atoms with van der Waals surface area (Å²) in [5, 5.41) is 14.0. The number of piperazine rings is 1. The lowest BCUT2D eigenvalue weighted by Gasteiger charge is -2.38. The van der Waals surface area contributed by atoms with E-state index in [4.69, 9.17) is 0 Å². The first-order chi connectivity index (χ1) is 8.65. The SMILES string of the molecule is CC1CN(c2ccc3n[nH]c(=O)n3n2)C(C)CN1. The fourth-order valence-corrected chi connectivity index (χ4v) is 2.29. The van der Waals surface area contributed by atoms with Gasteiger partial charge < -0.3 is 10.2 Å². The lowest BCUT2D eigenvalue weighted by atomic mass is 10.1. The van der Waals surface area contributed by atoms with Crippen LogP contribution in [0.3, 0.4) is 0 Å². The molecule has 18 heavy (non-hydrogen) atoms. The highest BCUT2D eigenvalue weighted by atomic mass is 16.2. The molecule has 1 saturated heterocycles. The highest BCUT2D eigenvalue weighted by Gasteiger charge is 2.23. The molecule has 2 N–H and O–H groups in total. The van der Waals surface area contributed by atoms with Crippen molar-refractivity contribution in [1.82, 2.24) is 25.1 Å². The van der Waals surface area contributed by atoms with E-state index in [0.717, 1.165) is 18.9 Å². The summed E-state index contributed by atoms with van der Waals surface area (Å²) in [6.07, 6.45) is 0. The molecular formula is C11H16N6O. The molecule has 0 bridgehead atoms. The lowest BCUT2D eigenvalue weighted by Crippen LogP contribution is -2.54. The maximum atomic E-state index is 11.5. The minimum atomic E-state index is -0.303. The van der Waals surface area contributed by atoms with Crippen molar-refractivity contribution in [1.29, 1.82) is 0 Å². The average molecular weight is 248 g/mol. The third-order valence-corrected chi connectivity index (χ3v) is 3.32. The summed E-state index contributed by atoms with van der Waals surface area (Å²) in [4.78, 5) is 13.7. The van der Waals surface area contributed by atoms with Gasteiger partial charge >= 0.3 is 5.69 Å². The van der Waals surface area contributed by atoms with Gasteiger partial charge in [0.05, 0.1) is 0 Å². The van der Waals surface area contributed by atoms with E-state index in [0.29, 0.717) is 17.7 Å². The molecule has 2 atom stereocenters. The molecule has 0 spiro atoms. The van der Waals surface area contributed by atoms with Crippen LogP contribution >= 0.6 is 0 Å². The number of H-pyrrole nitrogens is 1. The predicted molar refractivity (Wildman–Crippen MR) is 67.9 cm³/mol. The van der Waals surface area contributed by atoms with Gasteiger partial charge in [-0.2, -0.15) is 9.61 Å².